The molecule has 14 heavy (non-hydrogen) atoms. The van der Waals surface area contributed by atoms with E-state index < -0.39 is 12.1 Å². The summed E-state index contributed by atoms with van der Waals surface area (Å²) in [4.78, 5) is 10.1. The van der Waals surface area contributed by atoms with Crippen LogP contribution in [-0.4, -0.2) is 22.1 Å². The number of rotatable bonds is 3. The van der Waals surface area contributed by atoms with Crippen LogP contribution in [0.1, 0.15) is 20.3 Å². The second-order valence-electron chi connectivity index (χ2n) is 3.52. The van der Waals surface area contributed by atoms with Crippen LogP contribution in [0.2, 0.25) is 0 Å². The van der Waals surface area contributed by atoms with Crippen molar-refractivity contribution in [3.05, 3.63) is 24.0 Å². The maximum Gasteiger partial charge on any atom is 0.344 e. The highest BCUT2D eigenvalue weighted by Crippen LogP contribution is 2.27. The highest BCUT2D eigenvalue weighted by atomic mass is 35.5. The Kier molecular flexibility index (Phi) is 3.21. The topological polar surface area (TPSA) is 46.5 Å². The van der Waals surface area contributed by atoms with E-state index in [1.807, 2.05) is 6.92 Å². The molecule has 0 fully saturated rings. The van der Waals surface area contributed by atoms with Gasteiger partial charge in [-0.1, -0.05) is 6.08 Å². The van der Waals surface area contributed by atoms with Crippen LogP contribution < -0.4 is 0 Å². The molecule has 1 aliphatic carbocycles. The molecule has 0 amide bonds. The average molecular weight is 217 g/mol. The van der Waals surface area contributed by atoms with E-state index in [1.165, 1.54) is 6.92 Å². The fourth-order valence-electron chi connectivity index (χ4n) is 1.03. The number of ether oxygens (including phenoxy) is 1. The number of aliphatic carboxylic acids is 1. The Morgan fingerprint density at radius 1 is 1.79 bits per heavy atom. The third-order valence-electron chi connectivity index (χ3n) is 1.96. The standard InChI is InChI=1S/C10H13ClO3/c1-7(9(12)13)14-8-3-5-10(2,11)6-4-8/h3-5,7H,6H2,1-2H3,(H,12,13). The molecule has 0 saturated heterocycles. The summed E-state index contributed by atoms with van der Waals surface area (Å²) in [6, 6.07) is 0. The molecule has 0 bridgehead atoms. The molecule has 1 aliphatic rings. The molecule has 3 nitrogen and oxygen atoms in total. The van der Waals surface area contributed by atoms with Crippen LogP contribution in [0.4, 0.5) is 0 Å². The maximum absolute atomic E-state index is 10.5. The van der Waals surface area contributed by atoms with Crippen molar-refractivity contribution in [2.75, 3.05) is 0 Å². The lowest BCUT2D eigenvalue weighted by Gasteiger charge is -2.21. The van der Waals surface area contributed by atoms with Crippen molar-refractivity contribution < 1.29 is 14.6 Å². The van der Waals surface area contributed by atoms with Gasteiger partial charge in [-0.15, -0.1) is 11.6 Å². The molecule has 0 radical (unpaired) electrons. The maximum atomic E-state index is 10.5. The van der Waals surface area contributed by atoms with E-state index in [2.05, 4.69) is 0 Å². The van der Waals surface area contributed by atoms with Gasteiger partial charge in [0, 0.05) is 0 Å². The number of carboxylic acids is 1. The molecule has 78 valence electrons. The summed E-state index contributed by atoms with van der Waals surface area (Å²) in [6.45, 7) is 3.38. The zero-order valence-electron chi connectivity index (χ0n) is 8.16. The summed E-state index contributed by atoms with van der Waals surface area (Å²) in [5.41, 5.74) is 0. The van der Waals surface area contributed by atoms with Crippen molar-refractivity contribution in [1.29, 1.82) is 0 Å². The molecule has 0 heterocycles. The summed E-state index contributed by atoms with van der Waals surface area (Å²) in [6.07, 6.45) is 5.12. The molecule has 1 N–H and O–H groups in total. The highest BCUT2D eigenvalue weighted by Gasteiger charge is 2.21. The van der Waals surface area contributed by atoms with Crippen molar-refractivity contribution in [3.63, 3.8) is 0 Å². The van der Waals surface area contributed by atoms with Gasteiger partial charge in [-0.05, 0) is 32.4 Å². The van der Waals surface area contributed by atoms with Crippen molar-refractivity contribution in [1.82, 2.24) is 0 Å². The Hall–Kier alpha value is -0.960. The van der Waals surface area contributed by atoms with Crippen molar-refractivity contribution in [2.45, 2.75) is 31.2 Å². The Morgan fingerprint density at radius 2 is 2.43 bits per heavy atom. The Morgan fingerprint density at radius 3 is 2.86 bits per heavy atom. The average Bonchev–Trinajstić information content (AvgIpc) is 2.08. The van der Waals surface area contributed by atoms with Crippen LogP contribution in [0.5, 0.6) is 0 Å². The van der Waals surface area contributed by atoms with E-state index in [9.17, 15) is 4.79 Å². The third-order valence-corrected chi connectivity index (χ3v) is 2.24. The lowest BCUT2D eigenvalue weighted by Crippen LogP contribution is -2.21. The molecule has 4 heteroatoms. The largest absolute Gasteiger partial charge is 0.479 e. The number of alkyl halides is 1. The van der Waals surface area contributed by atoms with E-state index >= 15 is 0 Å². The Bertz CT molecular complexity index is 292. The molecule has 0 aromatic rings. The second kappa shape index (κ2) is 4.05. The summed E-state index contributed by atoms with van der Waals surface area (Å²) in [5.74, 6) is -0.406. The van der Waals surface area contributed by atoms with Gasteiger partial charge in [-0.3, -0.25) is 0 Å². The van der Waals surface area contributed by atoms with Crippen molar-refractivity contribution in [3.8, 4) is 0 Å². The van der Waals surface area contributed by atoms with Crippen LogP contribution in [0, 0.1) is 0 Å². The Balaban J connectivity index is 2.54. The second-order valence-corrected chi connectivity index (χ2v) is 4.38. The molecular weight excluding hydrogens is 204 g/mol. The fraction of sp³-hybridized carbons (Fsp3) is 0.500. The van der Waals surface area contributed by atoms with Gasteiger partial charge in [0.05, 0.1) is 4.87 Å². The first-order valence-corrected chi connectivity index (χ1v) is 4.76. The number of hydrogen-bond acceptors (Lipinski definition) is 2. The van der Waals surface area contributed by atoms with E-state index in [0.717, 1.165) is 0 Å². The number of allylic oxidation sites excluding steroid dienone is 3. The molecule has 0 spiro atoms. The zero-order chi connectivity index (χ0) is 10.8. The number of carboxylic acid groups (broad SMARTS) is 1. The SMILES string of the molecule is CC(OC1=CCC(C)(Cl)C=C1)C(=O)O. The minimum Gasteiger partial charge on any atom is -0.479 e. The van der Waals surface area contributed by atoms with Gasteiger partial charge >= 0.3 is 5.97 Å². The van der Waals surface area contributed by atoms with Gasteiger partial charge in [0.15, 0.2) is 6.10 Å². The molecule has 2 atom stereocenters. The van der Waals surface area contributed by atoms with Crippen molar-refractivity contribution in [2.24, 2.45) is 0 Å². The van der Waals surface area contributed by atoms with Gasteiger partial charge in [-0.2, -0.15) is 0 Å². The van der Waals surface area contributed by atoms with E-state index in [1.54, 1.807) is 18.2 Å². The summed E-state index contributed by atoms with van der Waals surface area (Å²) < 4.78 is 5.16. The predicted molar refractivity (Wildman–Crippen MR) is 54.3 cm³/mol. The lowest BCUT2D eigenvalue weighted by molar-refractivity contribution is -0.146. The van der Waals surface area contributed by atoms with Gasteiger partial charge in [-0.25, -0.2) is 4.79 Å². The van der Waals surface area contributed by atoms with E-state index in [0.29, 0.717) is 12.2 Å². The minimum absolute atomic E-state index is 0.376. The first-order valence-electron chi connectivity index (χ1n) is 4.38. The summed E-state index contributed by atoms with van der Waals surface area (Å²) in [7, 11) is 0. The highest BCUT2D eigenvalue weighted by molar-refractivity contribution is 6.25. The molecular formula is C10H13ClO3. The van der Waals surface area contributed by atoms with Gasteiger partial charge < -0.3 is 9.84 Å². The first kappa shape index (κ1) is 11.1. The molecule has 0 aromatic carbocycles. The van der Waals surface area contributed by atoms with E-state index in [4.69, 9.17) is 21.4 Å². The van der Waals surface area contributed by atoms with E-state index in [-0.39, 0.29) is 4.87 Å². The van der Waals surface area contributed by atoms with Gasteiger partial charge in [0.1, 0.15) is 5.76 Å². The van der Waals surface area contributed by atoms with Gasteiger partial charge in [0.25, 0.3) is 0 Å². The molecule has 2 unspecified atom stereocenters. The van der Waals surface area contributed by atoms with Crippen LogP contribution in [0.25, 0.3) is 0 Å². The fourth-order valence-corrected chi connectivity index (χ4v) is 1.17. The molecule has 1 rings (SSSR count). The van der Waals surface area contributed by atoms with Crippen LogP contribution in [-0.2, 0) is 9.53 Å². The number of halogens is 1. The monoisotopic (exact) mass is 216 g/mol. The normalized spacial score (nSPS) is 28.1. The zero-order valence-corrected chi connectivity index (χ0v) is 8.91. The lowest BCUT2D eigenvalue weighted by atomic mass is 10.0. The first-order chi connectivity index (χ1) is 6.41. The van der Waals surface area contributed by atoms with Crippen molar-refractivity contribution >= 4 is 17.6 Å². The quantitative estimate of drug-likeness (QED) is 0.737. The predicted octanol–water partition coefficient (Wildman–Crippen LogP) is 2.32. The minimum atomic E-state index is -0.974. The number of carbonyl (C=O) groups is 1. The van der Waals surface area contributed by atoms with Gasteiger partial charge in [0.2, 0.25) is 0 Å². The molecule has 0 saturated carbocycles. The molecule has 0 aromatic heterocycles. The molecule has 0 aliphatic heterocycles. The Labute approximate surface area is 88.0 Å². The number of hydrogen-bond donors (Lipinski definition) is 1. The van der Waals surface area contributed by atoms with Crippen LogP contribution >= 0.6 is 11.6 Å². The van der Waals surface area contributed by atoms with Crippen LogP contribution in [0.3, 0.4) is 0 Å². The smallest absolute Gasteiger partial charge is 0.344 e. The third kappa shape index (κ3) is 3.07. The summed E-state index contributed by atoms with van der Waals surface area (Å²) in [5, 5.41) is 8.61. The van der Waals surface area contributed by atoms with Crippen LogP contribution in [0.15, 0.2) is 24.0 Å². The summed E-state index contributed by atoms with van der Waals surface area (Å²) >= 11 is 6.03.